The van der Waals surface area contributed by atoms with Gasteiger partial charge in [0.05, 0.1) is 17.8 Å². The van der Waals surface area contributed by atoms with Gasteiger partial charge in [-0.3, -0.25) is 4.68 Å². The average Bonchev–Trinajstić information content (AvgIpc) is 2.79. The van der Waals surface area contributed by atoms with Crippen molar-refractivity contribution in [3.63, 3.8) is 0 Å². The lowest BCUT2D eigenvalue weighted by molar-refractivity contribution is -0.0884. The number of hydrogen-bond acceptors (Lipinski definition) is 3. The fourth-order valence-electron chi connectivity index (χ4n) is 2.71. The van der Waals surface area contributed by atoms with Gasteiger partial charge in [-0.15, -0.1) is 0 Å². The molecule has 1 aromatic heterocycles. The summed E-state index contributed by atoms with van der Waals surface area (Å²) in [6.45, 7) is 6.09. The normalized spacial score (nSPS) is 27.0. The van der Waals surface area contributed by atoms with Gasteiger partial charge in [-0.2, -0.15) is 5.10 Å². The van der Waals surface area contributed by atoms with Gasteiger partial charge >= 0.3 is 0 Å². The van der Waals surface area contributed by atoms with Gasteiger partial charge in [-0.05, 0) is 40.2 Å². The SMILES string of the molecule is CCn1cc(C(NC)C2(C)CCCCO2)cn1. The fourth-order valence-corrected chi connectivity index (χ4v) is 2.71. The van der Waals surface area contributed by atoms with E-state index in [-0.39, 0.29) is 11.6 Å². The topological polar surface area (TPSA) is 39.1 Å². The number of nitrogens with one attached hydrogen (secondary N) is 1. The van der Waals surface area contributed by atoms with Crippen molar-refractivity contribution < 1.29 is 4.74 Å². The third kappa shape index (κ3) is 2.53. The maximum atomic E-state index is 6.02. The maximum Gasteiger partial charge on any atom is 0.0849 e. The Labute approximate surface area is 103 Å². The largest absolute Gasteiger partial charge is 0.373 e. The summed E-state index contributed by atoms with van der Waals surface area (Å²) in [4.78, 5) is 0. The molecule has 0 spiro atoms. The molecule has 1 fully saturated rings. The van der Waals surface area contributed by atoms with Crippen molar-refractivity contribution in [3.8, 4) is 0 Å². The minimum Gasteiger partial charge on any atom is -0.373 e. The van der Waals surface area contributed by atoms with Gasteiger partial charge in [-0.1, -0.05) is 0 Å². The van der Waals surface area contributed by atoms with Crippen molar-refractivity contribution in [2.24, 2.45) is 0 Å². The second-order valence-electron chi connectivity index (χ2n) is 4.97. The zero-order chi connectivity index (χ0) is 12.3. The molecule has 1 saturated heterocycles. The molecular formula is C13H23N3O. The van der Waals surface area contributed by atoms with Crippen molar-refractivity contribution in [2.45, 2.75) is 51.3 Å². The second kappa shape index (κ2) is 5.19. The van der Waals surface area contributed by atoms with Crippen LogP contribution in [0.3, 0.4) is 0 Å². The summed E-state index contributed by atoms with van der Waals surface area (Å²) < 4.78 is 7.98. The van der Waals surface area contributed by atoms with Gasteiger partial charge in [0.2, 0.25) is 0 Å². The van der Waals surface area contributed by atoms with Gasteiger partial charge < -0.3 is 10.1 Å². The van der Waals surface area contributed by atoms with Gasteiger partial charge in [0.15, 0.2) is 0 Å². The molecule has 2 rings (SSSR count). The highest BCUT2D eigenvalue weighted by Gasteiger charge is 2.37. The smallest absolute Gasteiger partial charge is 0.0849 e. The number of rotatable bonds is 4. The van der Waals surface area contributed by atoms with Gasteiger partial charge in [-0.25, -0.2) is 0 Å². The van der Waals surface area contributed by atoms with Crippen molar-refractivity contribution in [1.82, 2.24) is 15.1 Å². The van der Waals surface area contributed by atoms with Gasteiger partial charge in [0, 0.05) is 24.9 Å². The van der Waals surface area contributed by atoms with Crippen LogP contribution in [0, 0.1) is 0 Å². The minimum atomic E-state index is -0.103. The highest BCUT2D eigenvalue weighted by atomic mass is 16.5. The number of ether oxygens (including phenoxy) is 1. The molecule has 1 aromatic rings. The zero-order valence-electron chi connectivity index (χ0n) is 11.1. The van der Waals surface area contributed by atoms with Crippen LogP contribution in [0.2, 0.25) is 0 Å². The van der Waals surface area contributed by atoms with Crippen LogP contribution in [0.25, 0.3) is 0 Å². The first-order chi connectivity index (χ1) is 8.19. The summed E-state index contributed by atoms with van der Waals surface area (Å²) in [5, 5.41) is 7.74. The quantitative estimate of drug-likeness (QED) is 0.872. The van der Waals surface area contributed by atoms with Crippen molar-refractivity contribution in [1.29, 1.82) is 0 Å². The standard InChI is InChI=1S/C13H23N3O/c1-4-16-10-11(9-15-16)12(14-3)13(2)7-5-6-8-17-13/h9-10,12,14H,4-8H2,1-3H3. The Morgan fingerprint density at radius 1 is 1.59 bits per heavy atom. The summed E-state index contributed by atoms with van der Waals surface area (Å²) >= 11 is 0. The zero-order valence-corrected chi connectivity index (χ0v) is 11.1. The van der Waals surface area contributed by atoms with Gasteiger partial charge in [0.1, 0.15) is 0 Å². The molecule has 0 amide bonds. The molecule has 0 bridgehead atoms. The highest BCUT2D eigenvalue weighted by molar-refractivity contribution is 5.16. The van der Waals surface area contributed by atoms with Crippen LogP contribution >= 0.6 is 0 Å². The molecule has 4 heteroatoms. The van der Waals surface area contributed by atoms with E-state index in [1.165, 1.54) is 18.4 Å². The first kappa shape index (κ1) is 12.6. The lowest BCUT2D eigenvalue weighted by Gasteiger charge is -2.40. The first-order valence-corrected chi connectivity index (χ1v) is 6.53. The Morgan fingerprint density at radius 3 is 2.94 bits per heavy atom. The molecule has 96 valence electrons. The molecule has 0 aliphatic carbocycles. The first-order valence-electron chi connectivity index (χ1n) is 6.53. The predicted molar refractivity (Wildman–Crippen MR) is 67.9 cm³/mol. The van der Waals surface area contributed by atoms with E-state index in [9.17, 15) is 0 Å². The Bertz CT molecular complexity index is 355. The van der Waals surface area contributed by atoms with E-state index >= 15 is 0 Å². The second-order valence-corrected chi connectivity index (χ2v) is 4.97. The van der Waals surface area contributed by atoms with Crippen LogP contribution in [0.4, 0.5) is 0 Å². The van der Waals surface area contributed by atoms with Crippen LogP contribution < -0.4 is 5.32 Å². The predicted octanol–water partition coefficient (Wildman–Crippen LogP) is 2.12. The van der Waals surface area contributed by atoms with Crippen LogP contribution in [-0.2, 0) is 11.3 Å². The van der Waals surface area contributed by atoms with E-state index in [0.29, 0.717) is 0 Å². The Hall–Kier alpha value is -0.870. The number of likely N-dealkylation sites (N-methyl/N-ethyl adjacent to an activating group) is 1. The van der Waals surface area contributed by atoms with E-state index in [2.05, 4.69) is 30.5 Å². The maximum absolute atomic E-state index is 6.02. The van der Waals surface area contributed by atoms with Crippen molar-refractivity contribution >= 4 is 0 Å². The molecule has 1 N–H and O–H groups in total. The summed E-state index contributed by atoms with van der Waals surface area (Å²) in [6, 6.07) is 0.225. The van der Waals surface area contributed by atoms with Crippen LogP contribution in [0.5, 0.6) is 0 Å². The average molecular weight is 237 g/mol. The number of nitrogens with zero attached hydrogens (tertiary/aromatic N) is 2. The number of aromatic nitrogens is 2. The molecule has 17 heavy (non-hydrogen) atoms. The number of hydrogen-bond donors (Lipinski definition) is 1. The molecular weight excluding hydrogens is 214 g/mol. The fraction of sp³-hybridized carbons (Fsp3) is 0.769. The van der Waals surface area contributed by atoms with E-state index in [1.807, 2.05) is 17.9 Å². The summed E-state index contributed by atoms with van der Waals surface area (Å²) in [5.41, 5.74) is 1.12. The highest BCUT2D eigenvalue weighted by Crippen LogP contribution is 2.36. The molecule has 0 aromatic carbocycles. The summed E-state index contributed by atoms with van der Waals surface area (Å²) in [5.74, 6) is 0. The molecule has 2 unspecified atom stereocenters. The number of aryl methyl sites for hydroxylation is 1. The molecule has 0 radical (unpaired) electrons. The summed E-state index contributed by atoms with van der Waals surface area (Å²) in [6.07, 6.45) is 7.60. The van der Waals surface area contributed by atoms with Crippen molar-refractivity contribution in [3.05, 3.63) is 18.0 Å². The van der Waals surface area contributed by atoms with Crippen LogP contribution in [-0.4, -0.2) is 29.0 Å². The molecule has 1 aliphatic heterocycles. The monoisotopic (exact) mass is 237 g/mol. The van der Waals surface area contributed by atoms with E-state index < -0.39 is 0 Å². The van der Waals surface area contributed by atoms with Crippen LogP contribution in [0.15, 0.2) is 12.4 Å². The Kier molecular flexibility index (Phi) is 3.84. The van der Waals surface area contributed by atoms with Gasteiger partial charge in [0.25, 0.3) is 0 Å². The van der Waals surface area contributed by atoms with Crippen LogP contribution in [0.1, 0.15) is 44.7 Å². The van der Waals surface area contributed by atoms with E-state index in [1.54, 1.807) is 0 Å². The Morgan fingerprint density at radius 2 is 2.41 bits per heavy atom. The lowest BCUT2D eigenvalue weighted by atomic mass is 9.85. The summed E-state index contributed by atoms with van der Waals surface area (Å²) in [7, 11) is 2.00. The van der Waals surface area contributed by atoms with Crippen molar-refractivity contribution in [2.75, 3.05) is 13.7 Å². The van der Waals surface area contributed by atoms with E-state index in [4.69, 9.17) is 4.74 Å². The Balaban J connectivity index is 2.19. The molecule has 2 heterocycles. The molecule has 2 atom stereocenters. The minimum absolute atomic E-state index is 0.103. The third-order valence-corrected chi connectivity index (χ3v) is 3.71. The van der Waals surface area contributed by atoms with E-state index in [0.717, 1.165) is 19.6 Å². The molecule has 0 saturated carbocycles. The third-order valence-electron chi connectivity index (χ3n) is 3.71. The lowest BCUT2D eigenvalue weighted by Crippen LogP contribution is -2.44. The molecule has 4 nitrogen and oxygen atoms in total. The molecule has 1 aliphatic rings.